The predicted octanol–water partition coefficient (Wildman–Crippen LogP) is 3.53. The van der Waals surface area contributed by atoms with E-state index in [1.54, 1.807) is 0 Å². The molecule has 0 saturated heterocycles. The number of hydrogen-bond acceptors (Lipinski definition) is 3. The van der Waals surface area contributed by atoms with Crippen molar-refractivity contribution in [1.29, 1.82) is 0 Å². The minimum absolute atomic E-state index is 0.0630. The zero-order chi connectivity index (χ0) is 18.1. The van der Waals surface area contributed by atoms with E-state index in [1.807, 2.05) is 57.4 Å². The number of nitrogens with zero attached hydrogens (tertiary/aromatic N) is 1. The zero-order valence-corrected chi connectivity index (χ0v) is 15.4. The molecule has 0 saturated carbocycles. The molecular weight excluding hydrogens is 312 g/mol. The van der Waals surface area contributed by atoms with Gasteiger partial charge in [-0.2, -0.15) is 0 Å². The van der Waals surface area contributed by atoms with Gasteiger partial charge in [-0.3, -0.25) is 4.79 Å². The first kappa shape index (κ1) is 19.0. The van der Waals surface area contributed by atoms with E-state index in [4.69, 9.17) is 4.74 Å². The molecule has 2 aromatic carbocycles. The van der Waals surface area contributed by atoms with Crippen molar-refractivity contribution in [1.82, 2.24) is 10.2 Å². The third kappa shape index (κ3) is 6.59. The third-order valence-electron chi connectivity index (χ3n) is 3.98. The number of benzene rings is 2. The monoisotopic (exact) mass is 340 g/mol. The summed E-state index contributed by atoms with van der Waals surface area (Å²) in [7, 11) is 4.09. The molecule has 0 unspecified atom stereocenters. The van der Waals surface area contributed by atoms with Gasteiger partial charge in [-0.1, -0.05) is 42.5 Å². The van der Waals surface area contributed by atoms with Crippen molar-refractivity contribution >= 4 is 5.91 Å². The fourth-order valence-corrected chi connectivity index (χ4v) is 2.64. The summed E-state index contributed by atoms with van der Waals surface area (Å²) < 4.78 is 5.73. The van der Waals surface area contributed by atoms with Crippen LogP contribution in [0.15, 0.2) is 48.5 Å². The van der Waals surface area contributed by atoms with E-state index in [2.05, 4.69) is 22.3 Å². The minimum atomic E-state index is 0.0630. The van der Waals surface area contributed by atoms with Crippen LogP contribution in [0.5, 0.6) is 5.75 Å². The Bertz CT molecular complexity index is 683. The minimum Gasteiger partial charge on any atom is -0.493 e. The number of hydrogen-bond donors (Lipinski definition) is 1. The van der Waals surface area contributed by atoms with Crippen LogP contribution in [-0.2, 0) is 17.9 Å². The molecule has 2 rings (SSSR count). The van der Waals surface area contributed by atoms with Gasteiger partial charge in [-0.25, -0.2) is 0 Å². The maximum absolute atomic E-state index is 12.1. The number of nitrogens with one attached hydrogen (secondary N) is 1. The van der Waals surface area contributed by atoms with E-state index in [-0.39, 0.29) is 5.91 Å². The van der Waals surface area contributed by atoms with Crippen molar-refractivity contribution in [2.24, 2.45) is 0 Å². The van der Waals surface area contributed by atoms with Gasteiger partial charge in [0.2, 0.25) is 5.91 Å². The topological polar surface area (TPSA) is 41.6 Å². The lowest BCUT2D eigenvalue weighted by molar-refractivity contribution is -0.121. The number of aryl methyl sites for hydroxylation is 1. The van der Waals surface area contributed by atoms with Crippen molar-refractivity contribution < 1.29 is 9.53 Å². The largest absolute Gasteiger partial charge is 0.493 e. The lowest BCUT2D eigenvalue weighted by atomic mass is 10.1. The summed E-state index contributed by atoms with van der Waals surface area (Å²) in [4.78, 5) is 14.2. The molecular formula is C21H28N2O2. The van der Waals surface area contributed by atoms with Crippen molar-refractivity contribution in [3.05, 3.63) is 65.2 Å². The highest BCUT2D eigenvalue weighted by Gasteiger charge is 2.06. The molecule has 1 amide bonds. The summed E-state index contributed by atoms with van der Waals surface area (Å²) >= 11 is 0. The van der Waals surface area contributed by atoms with Gasteiger partial charge in [0.05, 0.1) is 6.61 Å². The number of ether oxygens (including phenoxy) is 1. The number of para-hydroxylation sites is 1. The third-order valence-corrected chi connectivity index (χ3v) is 3.98. The molecule has 0 fully saturated rings. The van der Waals surface area contributed by atoms with E-state index in [9.17, 15) is 4.79 Å². The van der Waals surface area contributed by atoms with E-state index >= 15 is 0 Å². The number of amides is 1. The van der Waals surface area contributed by atoms with Crippen LogP contribution < -0.4 is 10.1 Å². The van der Waals surface area contributed by atoms with Crippen molar-refractivity contribution in [2.45, 2.75) is 32.9 Å². The number of carbonyl (C=O) groups is 1. The van der Waals surface area contributed by atoms with Crippen LogP contribution in [0.2, 0.25) is 0 Å². The maximum Gasteiger partial charge on any atom is 0.220 e. The van der Waals surface area contributed by atoms with Crippen LogP contribution in [0.1, 0.15) is 29.5 Å². The Labute approximate surface area is 150 Å². The molecule has 0 heterocycles. The molecule has 0 aromatic heterocycles. The first-order valence-electron chi connectivity index (χ1n) is 8.73. The number of carbonyl (C=O) groups excluding carboxylic acids is 1. The molecule has 0 aliphatic carbocycles. The molecule has 0 aliphatic heterocycles. The molecule has 134 valence electrons. The fourth-order valence-electron chi connectivity index (χ4n) is 2.64. The summed E-state index contributed by atoms with van der Waals surface area (Å²) in [5.74, 6) is 0.952. The fraction of sp³-hybridized carbons (Fsp3) is 0.381. The summed E-state index contributed by atoms with van der Waals surface area (Å²) in [5.41, 5.74) is 3.53. The van der Waals surface area contributed by atoms with E-state index in [1.165, 1.54) is 11.1 Å². The van der Waals surface area contributed by atoms with Crippen molar-refractivity contribution in [2.75, 3.05) is 20.7 Å². The maximum atomic E-state index is 12.1. The Hall–Kier alpha value is -2.33. The van der Waals surface area contributed by atoms with Gasteiger partial charge in [0, 0.05) is 19.5 Å². The first-order valence-corrected chi connectivity index (χ1v) is 8.73. The highest BCUT2D eigenvalue weighted by molar-refractivity contribution is 5.75. The Morgan fingerprint density at radius 2 is 1.72 bits per heavy atom. The van der Waals surface area contributed by atoms with Gasteiger partial charge in [0.1, 0.15) is 5.75 Å². The van der Waals surface area contributed by atoms with Gasteiger partial charge in [-0.15, -0.1) is 0 Å². The molecule has 0 radical (unpaired) electrons. The number of rotatable bonds is 9. The first-order chi connectivity index (χ1) is 12.1. The average molecular weight is 340 g/mol. The second kappa shape index (κ2) is 9.84. The van der Waals surface area contributed by atoms with Gasteiger partial charge < -0.3 is 15.0 Å². The van der Waals surface area contributed by atoms with Gasteiger partial charge in [0.15, 0.2) is 0 Å². The molecule has 0 atom stereocenters. The second-order valence-corrected chi connectivity index (χ2v) is 6.50. The SMILES string of the molecule is Cc1ccccc1OCCCC(=O)NCc1ccccc1CN(C)C. The lowest BCUT2D eigenvalue weighted by Crippen LogP contribution is -2.24. The molecule has 0 aliphatic rings. The highest BCUT2D eigenvalue weighted by Crippen LogP contribution is 2.16. The van der Waals surface area contributed by atoms with Gasteiger partial charge in [-0.05, 0) is 50.2 Å². The Balaban J connectivity index is 1.72. The molecule has 4 nitrogen and oxygen atoms in total. The standard InChI is InChI=1S/C21H28N2O2/c1-17-9-4-7-12-20(17)25-14-8-13-21(24)22-15-18-10-5-6-11-19(18)16-23(2)3/h4-7,9-12H,8,13-16H2,1-3H3,(H,22,24). The van der Waals surface area contributed by atoms with Crippen LogP contribution in [-0.4, -0.2) is 31.5 Å². The molecule has 2 aromatic rings. The molecule has 4 heteroatoms. The van der Waals surface area contributed by atoms with E-state index < -0.39 is 0 Å². The molecule has 0 bridgehead atoms. The van der Waals surface area contributed by atoms with Crippen molar-refractivity contribution in [3.63, 3.8) is 0 Å². The summed E-state index contributed by atoms with van der Waals surface area (Å²) in [5, 5.41) is 3.01. The molecule has 1 N–H and O–H groups in total. The van der Waals surface area contributed by atoms with Crippen molar-refractivity contribution in [3.8, 4) is 5.75 Å². The molecule has 25 heavy (non-hydrogen) atoms. The second-order valence-electron chi connectivity index (χ2n) is 6.50. The quantitative estimate of drug-likeness (QED) is 0.710. The van der Waals surface area contributed by atoms with Crippen LogP contribution in [0.25, 0.3) is 0 Å². The van der Waals surface area contributed by atoms with Crippen LogP contribution in [0.4, 0.5) is 0 Å². The summed E-state index contributed by atoms with van der Waals surface area (Å²) in [6.07, 6.45) is 1.18. The van der Waals surface area contributed by atoms with Gasteiger partial charge in [0.25, 0.3) is 0 Å². The average Bonchev–Trinajstić information content (AvgIpc) is 2.59. The zero-order valence-electron chi connectivity index (χ0n) is 15.4. The lowest BCUT2D eigenvalue weighted by Gasteiger charge is -2.14. The van der Waals surface area contributed by atoms with Crippen LogP contribution in [0, 0.1) is 6.92 Å². The summed E-state index contributed by atoms with van der Waals surface area (Å²) in [6, 6.07) is 16.1. The Morgan fingerprint density at radius 1 is 1.04 bits per heavy atom. The smallest absolute Gasteiger partial charge is 0.220 e. The molecule has 0 spiro atoms. The normalized spacial score (nSPS) is 10.7. The summed E-state index contributed by atoms with van der Waals surface area (Å²) in [6.45, 7) is 4.01. The highest BCUT2D eigenvalue weighted by atomic mass is 16.5. The Morgan fingerprint density at radius 3 is 2.44 bits per heavy atom. The Kier molecular flexibility index (Phi) is 7.48. The van der Waals surface area contributed by atoms with E-state index in [0.717, 1.165) is 17.9 Å². The van der Waals surface area contributed by atoms with Crippen LogP contribution in [0.3, 0.4) is 0 Å². The predicted molar refractivity (Wildman–Crippen MR) is 102 cm³/mol. The van der Waals surface area contributed by atoms with E-state index in [0.29, 0.717) is 26.0 Å². The van der Waals surface area contributed by atoms with Crippen LogP contribution >= 0.6 is 0 Å². The van der Waals surface area contributed by atoms with Gasteiger partial charge >= 0.3 is 0 Å².